The van der Waals surface area contributed by atoms with Crippen molar-refractivity contribution in [2.24, 2.45) is 0 Å². The third-order valence-electron chi connectivity index (χ3n) is 6.06. The summed E-state index contributed by atoms with van der Waals surface area (Å²) in [6, 6.07) is 24.7. The van der Waals surface area contributed by atoms with Crippen LogP contribution in [0.1, 0.15) is 12.0 Å². The van der Waals surface area contributed by atoms with Gasteiger partial charge in [-0.25, -0.2) is 17.7 Å². The molecule has 5 rings (SSSR count). The van der Waals surface area contributed by atoms with Gasteiger partial charge in [0.2, 0.25) is 15.9 Å². The van der Waals surface area contributed by atoms with Crippen LogP contribution >= 0.6 is 0 Å². The highest BCUT2D eigenvalue weighted by Crippen LogP contribution is 2.31. The van der Waals surface area contributed by atoms with Crippen molar-refractivity contribution in [2.45, 2.75) is 23.9 Å². The normalized spacial score (nSPS) is 16.4. The molecule has 6 nitrogen and oxygen atoms in total. The van der Waals surface area contributed by atoms with E-state index in [9.17, 15) is 22.4 Å². The third kappa shape index (κ3) is 4.34. The zero-order chi connectivity index (χ0) is 24.6. The number of sulfonamides is 1. The van der Waals surface area contributed by atoms with Gasteiger partial charge in [-0.05, 0) is 52.7 Å². The number of amides is 2. The molecule has 1 unspecified atom stereocenters. The van der Waals surface area contributed by atoms with Crippen LogP contribution in [0.2, 0.25) is 0 Å². The van der Waals surface area contributed by atoms with E-state index in [4.69, 9.17) is 0 Å². The summed E-state index contributed by atoms with van der Waals surface area (Å²) in [6.45, 7) is -0.193. The Morgan fingerprint density at radius 3 is 2.20 bits per heavy atom. The molecular weight excluding hydrogens is 467 g/mol. The number of imide groups is 1. The Bertz CT molecular complexity index is 1520. The predicted molar refractivity (Wildman–Crippen MR) is 130 cm³/mol. The molecule has 35 heavy (non-hydrogen) atoms. The number of hydrogen-bond donors (Lipinski definition) is 0. The van der Waals surface area contributed by atoms with Crippen LogP contribution in [0.5, 0.6) is 0 Å². The second kappa shape index (κ2) is 9.05. The van der Waals surface area contributed by atoms with Crippen molar-refractivity contribution in [3.05, 3.63) is 108 Å². The smallest absolute Gasteiger partial charge is 0.252 e. The van der Waals surface area contributed by atoms with E-state index < -0.39 is 33.7 Å². The van der Waals surface area contributed by atoms with E-state index >= 15 is 0 Å². The number of benzene rings is 4. The zero-order valence-electron chi connectivity index (χ0n) is 18.5. The van der Waals surface area contributed by atoms with E-state index in [0.717, 1.165) is 20.0 Å². The van der Waals surface area contributed by atoms with E-state index in [1.54, 1.807) is 48.5 Å². The Morgan fingerprint density at radius 2 is 1.49 bits per heavy atom. The molecule has 1 fully saturated rings. The largest absolute Gasteiger partial charge is 0.274 e. The van der Waals surface area contributed by atoms with Gasteiger partial charge < -0.3 is 0 Å². The fraction of sp³-hybridized carbons (Fsp3) is 0.111. The first kappa shape index (κ1) is 22.9. The lowest BCUT2D eigenvalue weighted by Crippen LogP contribution is -2.45. The molecule has 0 spiro atoms. The van der Waals surface area contributed by atoms with Crippen molar-refractivity contribution in [3.8, 4) is 0 Å². The molecular formula is C27H21FN2O4S. The van der Waals surface area contributed by atoms with Crippen molar-refractivity contribution in [2.75, 3.05) is 4.90 Å². The lowest BCUT2D eigenvalue weighted by Gasteiger charge is -2.27. The Kier molecular flexibility index (Phi) is 5.92. The molecule has 1 saturated heterocycles. The summed E-state index contributed by atoms with van der Waals surface area (Å²) in [4.78, 5) is 27.3. The minimum atomic E-state index is -4.21. The summed E-state index contributed by atoms with van der Waals surface area (Å²) in [5.74, 6) is -1.56. The maximum Gasteiger partial charge on any atom is 0.252 e. The number of fused-ring (bicyclic) bond motifs is 1. The quantitative estimate of drug-likeness (QED) is 0.375. The third-order valence-corrected chi connectivity index (χ3v) is 7.91. The average Bonchev–Trinajstić information content (AvgIpc) is 3.16. The molecule has 4 aromatic carbocycles. The summed E-state index contributed by atoms with van der Waals surface area (Å²) < 4.78 is 42.3. The lowest BCUT2D eigenvalue weighted by atomic mass is 10.1. The average molecular weight is 489 g/mol. The molecule has 0 aromatic heterocycles. The van der Waals surface area contributed by atoms with Gasteiger partial charge in [-0.15, -0.1) is 0 Å². The summed E-state index contributed by atoms with van der Waals surface area (Å²) in [5.41, 5.74) is 0.879. The van der Waals surface area contributed by atoms with Crippen LogP contribution in [-0.2, 0) is 26.2 Å². The Morgan fingerprint density at radius 1 is 0.829 bits per heavy atom. The molecule has 0 saturated carbocycles. The van der Waals surface area contributed by atoms with Gasteiger partial charge in [-0.2, -0.15) is 4.31 Å². The van der Waals surface area contributed by atoms with E-state index in [0.29, 0.717) is 11.3 Å². The van der Waals surface area contributed by atoms with Crippen molar-refractivity contribution in [1.82, 2.24) is 4.31 Å². The zero-order valence-corrected chi connectivity index (χ0v) is 19.4. The molecule has 4 aromatic rings. The molecule has 0 aliphatic carbocycles. The summed E-state index contributed by atoms with van der Waals surface area (Å²) in [7, 11) is -4.21. The topological polar surface area (TPSA) is 74.8 Å². The lowest BCUT2D eigenvalue weighted by molar-refractivity contribution is -0.122. The first-order valence-corrected chi connectivity index (χ1v) is 12.5. The van der Waals surface area contributed by atoms with Gasteiger partial charge in [0.25, 0.3) is 5.91 Å². The van der Waals surface area contributed by atoms with Gasteiger partial charge in [-0.3, -0.25) is 9.59 Å². The van der Waals surface area contributed by atoms with Crippen LogP contribution in [0.15, 0.2) is 102 Å². The van der Waals surface area contributed by atoms with E-state index in [1.165, 1.54) is 30.3 Å². The highest BCUT2D eigenvalue weighted by atomic mass is 32.2. The number of para-hydroxylation sites is 1. The fourth-order valence-corrected chi connectivity index (χ4v) is 5.89. The highest BCUT2D eigenvalue weighted by Gasteiger charge is 2.47. The van der Waals surface area contributed by atoms with Crippen molar-refractivity contribution < 1.29 is 22.4 Å². The second-order valence-corrected chi connectivity index (χ2v) is 10.2. The summed E-state index contributed by atoms with van der Waals surface area (Å²) in [5, 5.41) is 1.61. The van der Waals surface area contributed by atoms with E-state index in [2.05, 4.69) is 0 Å². The van der Waals surface area contributed by atoms with Crippen LogP contribution < -0.4 is 4.90 Å². The first-order chi connectivity index (χ1) is 16.8. The Hall–Kier alpha value is -3.88. The summed E-state index contributed by atoms with van der Waals surface area (Å²) >= 11 is 0. The standard InChI is InChI=1S/C27H21FN2O4S/c28-22-13-10-19(11-14-22)18-29(25-17-26(31)30(27(25)32)23-8-2-1-3-9-23)35(33,34)24-15-12-20-6-4-5-7-21(20)16-24/h1-16,25H,17-18H2. The van der Waals surface area contributed by atoms with Crippen LogP contribution in [0.4, 0.5) is 10.1 Å². The van der Waals surface area contributed by atoms with Gasteiger partial charge in [0, 0.05) is 6.54 Å². The van der Waals surface area contributed by atoms with Crippen LogP contribution in [0.25, 0.3) is 10.8 Å². The maximum atomic E-state index is 13.9. The fourth-order valence-electron chi connectivity index (χ4n) is 4.28. The number of nitrogens with zero attached hydrogens (tertiary/aromatic N) is 2. The molecule has 1 aliphatic heterocycles. The number of anilines is 1. The second-order valence-electron chi connectivity index (χ2n) is 8.31. The maximum absolute atomic E-state index is 13.9. The van der Waals surface area contributed by atoms with Gasteiger partial charge in [-0.1, -0.05) is 60.7 Å². The molecule has 1 aliphatic rings. The minimum absolute atomic E-state index is 0.0109. The van der Waals surface area contributed by atoms with Crippen molar-refractivity contribution in [3.63, 3.8) is 0 Å². The number of halogens is 1. The number of hydrogen-bond acceptors (Lipinski definition) is 4. The molecule has 176 valence electrons. The molecule has 8 heteroatoms. The van der Waals surface area contributed by atoms with Crippen molar-refractivity contribution >= 4 is 38.3 Å². The number of carbonyl (C=O) groups excluding carboxylic acids is 2. The Balaban J connectivity index is 1.58. The van der Waals surface area contributed by atoms with Gasteiger partial charge >= 0.3 is 0 Å². The molecule has 0 radical (unpaired) electrons. The monoisotopic (exact) mass is 488 g/mol. The van der Waals surface area contributed by atoms with Crippen molar-refractivity contribution in [1.29, 1.82) is 0 Å². The van der Waals surface area contributed by atoms with Gasteiger partial charge in [0.05, 0.1) is 17.0 Å². The number of carbonyl (C=O) groups is 2. The van der Waals surface area contributed by atoms with Crippen LogP contribution in [0.3, 0.4) is 0 Å². The van der Waals surface area contributed by atoms with Crippen LogP contribution in [-0.4, -0.2) is 30.6 Å². The Labute approximate surface area is 202 Å². The molecule has 1 heterocycles. The predicted octanol–water partition coefficient (Wildman–Crippen LogP) is 4.50. The van der Waals surface area contributed by atoms with E-state index in [1.807, 2.05) is 18.2 Å². The summed E-state index contributed by atoms with van der Waals surface area (Å²) in [6.07, 6.45) is -0.290. The van der Waals surface area contributed by atoms with Gasteiger partial charge in [0.15, 0.2) is 0 Å². The SMILES string of the molecule is O=C1CC(N(Cc2ccc(F)cc2)S(=O)(=O)c2ccc3ccccc3c2)C(=O)N1c1ccccc1. The molecule has 0 N–H and O–H groups in total. The molecule has 2 amide bonds. The minimum Gasteiger partial charge on any atom is -0.274 e. The van der Waals surface area contributed by atoms with Gasteiger partial charge in [0.1, 0.15) is 11.9 Å². The number of rotatable bonds is 6. The highest BCUT2D eigenvalue weighted by molar-refractivity contribution is 7.89. The molecule has 1 atom stereocenters. The first-order valence-electron chi connectivity index (χ1n) is 11.0. The van der Waals surface area contributed by atoms with E-state index in [-0.39, 0.29) is 17.9 Å². The van der Waals surface area contributed by atoms with Crippen LogP contribution in [0, 0.1) is 5.82 Å². The molecule has 0 bridgehead atoms.